The number of hydrogen-bond donors (Lipinski definition) is 3. The van der Waals surface area contributed by atoms with Crippen molar-refractivity contribution in [3.05, 3.63) is 32.9 Å². The van der Waals surface area contributed by atoms with Crippen molar-refractivity contribution in [2.75, 3.05) is 13.2 Å². The summed E-state index contributed by atoms with van der Waals surface area (Å²) in [7, 11) is 0. The molecule has 0 saturated heterocycles. The number of aliphatic hydroxyl groups is 2. The zero-order valence-electron chi connectivity index (χ0n) is 8.22. The summed E-state index contributed by atoms with van der Waals surface area (Å²) in [5.41, 5.74) is -1.92. The van der Waals surface area contributed by atoms with Crippen molar-refractivity contribution in [3.63, 3.8) is 0 Å². The standard InChI is InChI=1S/C8H11FN2O5/c9-6-1-11(8(15)10-7(6)14)4-16-3-5(13)2-12/h1,5,12-13H,2-4H2,(H,10,14,15). The van der Waals surface area contributed by atoms with Gasteiger partial charge in [0.15, 0.2) is 0 Å². The summed E-state index contributed by atoms with van der Waals surface area (Å²) in [6.45, 7) is -1.01. The van der Waals surface area contributed by atoms with Crippen molar-refractivity contribution in [2.24, 2.45) is 0 Å². The van der Waals surface area contributed by atoms with Gasteiger partial charge in [0.1, 0.15) is 12.8 Å². The summed E-state index contributed by atoms with van der Waals surface area (Å²) in [6, 6.07) is 0. The molecule has 0 aliphatic heterocycles. The molecular weight excluding hydrogens is 223 g/mol. The van der Waals surface area contributed by atoms with E-state index in [4.69, 9.17) is 14.9 Å². The molecule has 1 aromatic heterocycles. The number of nitrogens with zero attached hydrogens (tertiary/aromatic N) is 1. The Morgan fingerprint density at radius 1 is 1.56 bits per heavy atom. The molecule has 8 heteroatoms. The van der Waals surface area contributed by atoms with Gasteiger partial charge in [-0.25, -0.2) is 4.79 Å². The van der Waals surface area contributed by atoms with Crippen molar-refractivity contribution in [3.8, 4) is 0 Å². The van der Waals surface area contributed by atoms with Crippen molar-refractivity contribution in [1.29, 1.82) is 0 Å². The van der Waals surface area contributed by atoms with Crippen LogP contribution >= 0.6 is 0 Å². The van der Waals surface area contributed by atoms with Gasteiger partial charge in [-0.1, -0.05) is 0 Å². The lowest BCUT2D eigenvalue weighted by Crippen LogP contribution is -2.32. The normalized spacial score (nSPS) is 12.7. The zero-order chi connectivity index (χ0) is 12.1. The first-order chi connectivity index (χ1) is 7.54. The minimum atomic E-state index is -1.11. The van der Waals surface area contributed by atoms with Gasteiger partial charge in [0.2, 0.25) is 5.82 Å². The van der Waals surface area contributed by atoms with Gasteiger partial charge < -0.3 is 14.9 Å². The fourth-order valence-corrected chi connectivity index (χ4v) is 0.918. The molecule has 1 heterocycles. The molecule has 0 aliphatic rings. The Hall–Kier alpha value is -1.51. The molecule has 16 heavy (non-hydrogen) atoms. The lowest BCUT2D eigenvalue weighted by molar-refractivity contribution is -0.0187. The van der Waals surface area contributed by atoms with E-state index >= 15 is 0 Å². The molecule has 1 atom stereocenters. The first-order valence-corrected chi connectivity index (χ1v) is 4.40. The average Bonchev–Trinajstić information content (AvgIpc) is 2.25. The fraction of sp³-hybridized carbons (Fsp3) is 0.500. The maximum absolute atomic E-state index is 12.8. The molecule has 1 aromatic rings. The van der Waals surface area contributed by atoms with Crippen LogP contribution in [0.3, 0.4) is 0 Å². The number of halogens is 1. The van der Waals surface area contributed by atoms with Crippen LogP contribution in [-0.4, -0.2) is 39.1 Å². The number of aliphatic hydroxyl groups excluding tert-OH is 2. The van der Waals surface area contributed by atoms with Crippen LogP contribution in [0, 0.1) is 5.82 Å². The maximum atomic E-state index is 12.8. The van der Waals surface area contributed by atoms with Crippen LogP contribution in [0.4, 0.5) is 4.39 Å². The molecule has 7 nitrogen and oxygen atoms in total. The largest absolute Gasteiger partial charge is 0.394 e. The Morgan fingerprint density at radius 3 is 2.88 bits per heavy atom. The van der Waals surface area contributed by atoms with Crippen LogP contribution < -0.4 is 11.2 Å². The fourth-order valence-electron chi connectivity index (χ4n) is 0.918. The second-order valence-corrected chi connectivity index (χ2v) is 3.04. The van der Waals surface area contributed by atoms with Gasteiger partial charge in [-0.2, -0.15) is 4.39 Å². The van der Waals surface area contributed by atoms with Crippen LogP contribution in [0.5, 0.6) is 0 Å². The molecule has 0 radical (unpaired) electrons. The Bertz CT molecular complexity index is 454. The van der Waals surface area contributed by atoms with Crippen LogP contribution in [-0.2, 0) is 11.5 Å². The first kappa shape index (κ1) is 12.6. The molecule has 0 bridgehead atoms. The SMILES string of the molecule is O=c1[nH]c(=O)n(COCC(O)CO)cc1F. The molecule has 0 saturated carbocycles. The summed E-state index contributed by atoms with van der Waals surface area (Å²) in [4.78, 5) is 23.5. The first-order valence-electron chi connectivity index (χ1n) is 4.40. The van der Waals surface area contributed by atoms with Crippen LogP contribution in [0.2, 0.25) is 0 Å². The lowest BCUT2D eigenvalue weighted by Gasteiger charge is -2.09. The highest BCUT2D eigenvalue weighted by atomic mass is 19.1. The van der Waals surface area contributed by atoms with E-state index in [2.05, 4.69) is 0 Å². The Morgan fingerprint density at radius 2 is 2.25 bits per heavy atom. The summed E-state index contributed by atoms with van der Waals surface area (Å²) in [6.07, 6.45) is -0.365. The van der Waals surface area contributed by atoms with E-state index in [9.17, 15) is 14.0 Å². The molecular formula is C8H11FN2O5. The second kappa shape index (κ2) is 5.54. The van der Waals surface area contributed by atoms with E-state index in [0.29, 0.717) is 6.20 Å². The van der Waals surface area contributed by atoms with Gasteiger partial charge in [-0.15, -0.1) is 0 Å². The Labute approximate surface area is 88.7 Å². The third-order valence-electron chi connectivity index (χ3n) is 1.72. The summed E-state index contributed by atoms with van der Waals surface area (Å²) >= 11 is 0. The molecule has 0 amide bonds. The number of nitrogens with one attached hydrogen (secondary N) is 1. The highest BCUT2D eigenvalue weighted by molar-refractivity contribution is 4.86. The van der Waals surface area contributed by atoms with Gasteiger partial charge in [0, 0.05) is 0 Å². The zero-order valence-corrected chi connectivity index (χ0v) is 8.22. The van der Waals surface area contributed by atoms with Crippen LogP contribution in [0.1, 0.15) is 0 Å². The minimum Gasteiger partial charge on any atom is -0.394 e. The van der Waals surface area contributed by atoms with Crippen LogP contribution in [0.15, 0.2) is 15.8 Å². The van der Waals surface area contributed by atoms with E-state index in [-0.39, 0.29) is 13.3 Å². The summed E-state index contributed by atoms with van der Waals surface area (Å²) in [5.74, 6) is -1.11. The number of rotatable bonds is 5. The van der Waals surface area contributed by atoms with E-state index in [1.54, 1.807) is 4.98 Å². The van der Waals surface area contributed by atoms with Crippen molar-refractivity contribution >= 4 is 0 Å². The highest BCUT2D eigenvalue weighted by Gasteiger charge is 2.05. The van der Waals surface area contributed by atoms with Gasteiger partial charge in [-0.3, -0.25) is 14.3 Å². The number of H-pyrrole nitrogens is 1. The number of hydrogen-bond acceptors (Lipinski definition) is 5. The van der Waals surface area contributed by atoms with Gasteiger partial charge >= 0.3 is 5.69 Å². The second-order valence-electron chi connectivity index (χ2n) is 3.04. The third-order valence-corrected chi connectivity index (χ3v) is 1.72. The van der Waals surface area contributed by atoms with Gasteiger partial charge in [0.25, 0.3) is 5.56 Å². The molecule has 1 unspecified atom stereocenters. The third kappa shape index (κ3) is 3.26. The molecule has 90 valence electrons. The number of aromatic amines is 1. The topological polar surface area (TPSA) is 105 Å². The minimum absolute atomic E-state index is 0.205. The van der Waals surface area contributed by atoms with Crippen molar-refractivity contribution in [1.82, 2.24) is 9.55 Å². The molecule has 0 aliphatic carbocycles. The smallest absolute Gasteiger partial charge is 0.330 e. The predicted octanol–water partition coefficient (Wildman–Crippen LogP) is -2.00. The number of aromatic nitrogens is 2. The van der Waals surface area contributed by atoms with E-state index < -0.39 is 29.8 Å². The van der Waals surface area contributed by atoms with E-state index in [1.807, 2.05) is 0 Å². The molecule has 0 spiro atoms. The molecule has 0 aromatic carbocycles. The van der Waals surface area contributed by atoms with E-state index in [0.717, 1.165) is 4.57 Å². The van der Waals surface area contributed by atoms with E-state index in [1.165, 1.54) is 0 Å². The predicted molar refractivity (Wildman–Crippen MR) is 50.3 cm³/mol. The van der Waals surface area contributed by atoms with Gasteiger partial charge in [0.05, 0.1) is 19.4 Å². The monoisotopic (exact) mass is 234 g/mol. The lowest BCUT2D eigenvalue weighted by atomic mass is 10.4. The highest BCUT2D eigenvalue weighted by Crippen LogP contribution is 1.88. The quantitative estimate of drug-likeness (QED) is 0.546. The Kier molecular flexibility index (Phi) is 4.35. The summed E-state index contributed by atoms with van der Waals surface area (Å²) < 4.78 is 18.4. The van der Waals surface area contributed by atoms with Gasteiger partial charge in [-0.05, 0) is 0 Å². The molecule has 3 N–H and O–H groups in total. The number of ether oxygens (including phenoxy) is 1. The Balaban J connectivity index is 2.65. The molecule has 0 fully saturated rings. The summed E-state index contributed by atoms with van der Waals surface area (Å²) in [5, 5.41) is 17.4. The maximum Gasteiger partial charge on any atom is 0.330 e. The molecule has 1 rings (SSSR count). The average molecular weight is 234 g/mol. The van der Waals surface area contributed by atoms with Crippen molar-refractivity contribution in [2.45, 2.75) is 12.8 Å². The van der Waals surface area contributed by atoms with Crippen LogP contribution in [0.25, 0.3) is 0 Å². The van der Waals surface area contributed by atoms with Crippen molar-refractivity contribution < 1.29 is 19.3 Å².